The maximum atomic E-state index is 3.89. The molecule has 1 aromatic carbocycles. The van der Waals surface area contributed by atoms with Crippen LogP contribution in [0.15, 0.2) is 30.3 Å². The quantitative estimate of drug-likeness (QED) is 0.842. The summed E-state index contributed by atoms with van der Waals surface area (Å²) in [4.78, 5) is 2.46. The van der Waals surface area contributed by atoms with Gasteiger partial charge in [0.2, 0.25) is 0 Å². The number of rotatable bonds is 6. The van der Waals surface area contributed by atoms with E-state index in [0.29, 0.717) is 17.5 Å². The fraction of sp³-hybridized carbons (Fsp3) is 0.684. The Labute approximate surface area is 130 Å². The van der Waals surface area contributed by atoms with Crippen LogP contribution in [0.3, 0.4) is 0 Å². The van der Waals surface area contributed by atoms with Gasteiger partial charge < -0.3 is 10.2 Å². The molecular weight excluding hydrogens is 256 g/mol. The van der Waals surface area contributed by atoms with Gasteiger partial charge in [0.25, 0.3) is 0 Å². The lowest BCUT2D eigenvalue weighted by molar-refractivity contribution is 0.0927. The summed E-state index contributed by atoms with van der Waals surface area (Å²) < 4.78 is 0. The first-order valence-corrected chi connectivity index (χ1v) is 8.51. The molecule has 0 aromatic heterocycles. The molecule has 2 rings (SSSR count). The van der Waals surface area contributed by atoms with Crippen molar-refractivity contribution in [3.8, 4) is 0 Å². The Bertz CT molecular complexity index is 405. The van der Waals surface area contributed by atoms with E-state index in [1.807, 2.05) is 0 Å². The molecule has 2 nitrogen and oxygen atoms in total. The molecule has 0 radical (unpaired) electrons. The molecule has 1 aliphatic carbocycles. The summed E-state index contributed by atoms with van der Waals surface area (Å²) >= 11 is 0. The highest BCUT2D eigenvalue weighted by Crippen LogP contribution is 2.33. The van der Waals surface area contributed by atoms with E-state index in [4.69, 9.17) is 0 Å². The fourth-order valence-electron chi connectivity index (χ4n) is 3.69. The minimum atomic E-state index is 0.347. The number of benzene rings is 1. The molecule has 21 heavy (non-hydrogen) atoms. The van der Waals surface area contributed by atoms with E-state index in [9.17, 15) is 0 Å². The van der Waals surface area contributed by atoms with Gasteiger partial charge in [0.05, 0.1) is 0 Å². The number of likely N-dealkylation sites (N-methyl/N-ethyl adjacent to an activating group) is 1. The van der Waals surface area contributed by atoms with E-state index in [1.54, 1.807) is 0 Å². The average molecular weight is 288 g/mol. The van der Waals surface area contributed by atoms with Gasteiger partial charge in [-0.3, -0.25) is 0 Å². The zero-order chi connectivity index (χ0) is 15.3. The van der Waals surface area contributed by atoms with E-state index in [1.165, 1.54) is 37.7 Å². The summed E-state index contributed by atoms with van der Waals surface area (Å²) in [6.45, 7) is 5.72. The molecule has 0 bridgehead atoms. The Morgan fingerprint density at radius 1 is 1.05 bits per heavy atom. The third kappa shape index (κ3) is 4.08. The van der Waals surface area contributed by atoms with Crippen molar-refractivity contribution in [2.75, 3.05) is 20.6 Å². The second-order valence-electron chi connectivity index (χ2n) is 7.19. The number of nitrogens with one attached hydrogen (secondary N) is 1. The molecule has 0 aliphatic heterocycles. The van der Waals surface area contributed by atoms with Crippen LogP contribution in [-0.2, 0) is 0 Å². The first kappa shape index (κ1) is 16.5. The maximum absolute atomic E-state index is 3.89. The molecular formula is C19H32N2. The molecule has 0 saturated heterocycles. The molecule has 2 heteroatoms. The van der Waals surface area contributed by atoms with Crippen LogP contribution in [0.2, 0.25) is 0 Å². The minimum absolute atomic E-state index is 0.347. The molecule has 0 amide bonds. The van der Waals surface area contributed by atoms with Gasteiger partial charge in [0.1, 0.15) is 0 Å². The first-order valence-electron chi connectivity index (χ1n) is 8.51. The van der Waals surface area contributed by atoms with Gasteiger partial charge in [-0.2, -0.15) is 0 Å². The van der Waals surface area contributed by atoms with E-state index in [0.717, 1.165) is 6.54 Å². The van der Waals surface area contributed by atoms with Crippen molar-refractivity contribution in [1.29, 1.82) is 0 Å². The van der Waals surface area contributed by atoms with Crippen molar-refractivity contribution >= 4 is 0 Å². The van der Waals surface area contributed by atoms with Gasteiger partial charge in [-0.15, -0.1) is 0 Å². The summed E-state index contributed by atoms with van der Waals surface area (Å²) in [6, 6.07) is 11.3. The molecule has 0 spiro atoms. The molecule has 1 N–H and O–H groups in total. The van der Waals surface area contributed by atoms with Crippen molar-refractivity contribution in [2.45, 2.75) is 57.5 Å². The molecule has 118 valence electrons. The van der Waals surface area contributed by atoms with Crippen molar-refractivity contribution < 1.29 is 0 Å². The van der Waals surface area contributed by atoms with Gasteiger partial charge in [-0.1, -0.05) is 63.4 Å². The fourth-order valence-corrected chi connectivity index (χ4v) is 3.69. The van der Waals surface area contributed by atoms with E-state index < -0.39 is 0 Å². The third-order valence-corrected chi connectivity index (χ3v) is 5.21. The Balaban J connectivity index is 2.07. The second-order valence-corrected chi connectivity index (χ2v) is 7.19. The monoisotopic (exact) mass is 288 g/mol. The highest BCUT2D eigenvalue weighted by atomic mass is 15.2. The zero-order valence-electron chi connectivity index (χ0n) is 14.2. The summed E-state index contributed by atoms with van der Waals surface area (Å²) in [6.07, 6.45) is 6.80. The van der Waals surface area contributed by atoms with Gasteiger partial charge in [0.15, 0.2) is 0 Å². The summed E-state index contributed by atoms with van der Waals surface area (Å²) in [7, 11) is 4.50. The highest BCUT2D eigenvalue weighted by molar-refractivity contribution is 5.19. The molecule has 1 atom stereocenters. The second kappa shape index (κ2) is 7.42. The SMILES string of the molecule is CC(C)C(NCC1(N(C)C)CCCCC1)c1ccccc1. The Morgan fingerprint density at radius 2 is 1.67 bits per heavy atom. The summed E-state index contributed by atoms with van der Waals surface area (Å²) in [5, 5.41) is 3.89. The van der Waals surface area contributed by atoms with E-state index in [-0.39, 0.29) is 0 Å². The Kier molecular flexibility index (Phi) is 5.83. The lowest BCUT2D eigenvalue weighted by Crippen LogP contribution is -2.53. The number of hydrogen-bond donors (Lipinski definition) is 1. The van der Waals surface area contributed by atoms with Gasteiger partial charge in [-0.25, -0.2) is 0 Å². The van der Waals surface area contributed by atoms with Crippen LogP contribution in [0.25, 0.3) is 0 Å². The summed E-state index contributed by atoms with van der Waals surface area (Å²) in [5.74, 6) is 0.607. The smallest absolute Gasteiger partial charge is 0.0344 e. The lowest BCUT2D eigenvalue weighted by Gasteiger charge is -2.44. The summed E-state index contributed by atoms with van der Waals surface area (Å²) in [5.41, 5.74) is 1.76. The number of hydrogen-bond acceptors (Lipinski definition) is 2. The standard InChI is InChI=1S/C19H32N2/c1-16(2)18(17-11-7-5-8-12-17)20-15-19(21(3)4)13-9-6-10-14-19/h5,7-8,11-12,16,18,20H,6,9-10,13-15H2,1-4H3. The normalized spacial score (nSPS) is 19.9. The zero-order valence-corrected chi connectivity index (χ0v) is 14.2. The Morgan fingerprint density at radius 3 is 2.19 bits per heavy atom. The lowest BCUT2D eigenvalue weighted by atomic mass is 9.80. The third-order valence-electron chi connectivity index (χ3n) is 5.21. The van der Waals surface area contributed by atoms with Crippen LogP contribution in [-0.4, -0.2) is 31.1 Å². The van der Waals surface area contributed by atoms with Gasteiger partial charge >= 0.3 is 0 Å². The van der Waals surface area contributed by atoms with Crippen molar-refractivity contribution in [1.82, 2.24) is 10.2 Å². The number of nitrogens with zero attached hydrogens (tertiary/aromatic N) is 1. The molecule has 1 aromatic rings. The van der Waals surface area contributed by atoms with Crippen LogP contribution >= 0.6 is 0 Å². The largest absolute Gasteiger partial charge is 0.308 e. The highest BCUT2D eigenvalue weighted by Gasteiger charge is 2.34. The van der Waals surface area contributed by atoms with Crippen LogP contribution < -0.4 is 5.32 Å². The molecule has 1 fully saturated rings. The van der Waals surface area contributed by atoms with Crippen molar-refractivity contribution in [3.63, 3.8) is 0 Å². The minimum Gasteiger partial charge on any atom is -0.308 e. The predicted molar refractivity (Wildman–Crippen MR) is 91.5 cm³/mol. The molecule has 0 heterocycles. The molecule has 1 saturated carbocycles. The van der Waals surface area contributed by atoms with Gasteiger partial charge in [-0.05, 0) is 38.4 Å². The van der Waals surface area contributed by atoms with Crippen molar-refractivity contribution in [3.05, 3.63) is 35.9 Å². The van der Waals surface area contributed by atoms with Crippen LogP contribution in [0.4, 0.5) is 0 Å². The van der Waals surface area contributed by atoms with Crippen LogP contribution in [0.5, 0.6) is 0 Å². The van der Waals surface area contributed by atoms with E-state index >= 15 is 0 Å². The molecule has 1 unspecified atom stereocenters. The topological polar surface area (TPSA) is 15.3 Å². The van der Waals surface area contributed by atoms with E-state index in [2.05, 4.69) is 68.5 Å². The van der Waals surface area contributed by atoms with Crippen LogP contribution in [0, 0.1) is 5.92 Å². The Hall–Kier alpha value is -0.860. The first-order chi connectivity index (χ1) is 10.1. The van der Waals surface area contributed by atoms with Crippen molar-refractivity contribution in [2.24, 2.45) is 5.92 Å². The van der Waals surface area contributed by atoms with Crippen LogP contribution in [0.1, 0.15) is 57.6 Å². The molecule has 1 aliphatic rings. The predicted octanol–water partition coefficient (Wildman–Crippen LogP) is 4.24. The maximum Gasteiger partial charge on any atom is 0.0344 e. The van der Waals surface area contributed by atoms with Gasteiger partial charge in [0, 0.05) is 18.1 Å². The average Bonchev–Trinajstić information content (AvgIpc) is 2.49.